The Morgan fingerprint density at radius 1 is 1.38 bits per heavy atom. The first kappa shape index (κ1) is 14.0. The quantitative estimate of drug-likeness (QED) is 0.903. The second-order valence-electron chi connectivity index (χ2n) is 5.26. The summed E-state index contributed by atoms with van der Waals surface area (Å²) < 4.78 is 21.1. The van der Waals surface area contributed by atoms with Crippen molar-refractivity contribution in [2.75, 3.05) is 20.1 Å². The van der Waals surface area contributed by atoms with Gasteiger partial charge < -0.3 is 9.84 Å². The number of likely N-dealkylation sites (tertiary alicyclic amines) is 1. The van der Waals surface area contributed by atoms with Crippen LogP contribution in [0.5, 0.6) is 5.75 Å². The molecule has 0 atom stereocenters. The maximum atomic E-state index is 13.8. The lowest BCUT2D eigenvalue weighted by Gasteiger charge is -2.36. The molecule has 1 fully saturated rings. The van der Waals surface area contributed by atoms with Gasteiger partial charge in [-0.1, -0.05) is 0 Å². The van der Waals surface area contributed by atoms with Crippen molar-refractivity contribution < 1.29 is 14.2 Å². The van der Waals surface area contributed by atoms with E-state index in [0.29, 0.717) is 17.0 Å². The highest BCUT2D eigenvalue weighted by Gasteiger charge is 2.26. The number of rotatable bonds is 4. The Balaban J connectivity index is 1.91. The van der Waals surface area contributed by atoms with Crippen LogP contribution in [0.25, 0.3) is 11.4 Å². The molecule has 3 rings (SSSR count). The van der Waals surface area contributed by atoms with Crippen LogP contribution in [0.4, 0.5) is 4.39 Å². The van der Waals surface area contributed by atoms with Gasteiger partial charge in [-0.15, -0.1) is 0 Å². The zero-order valence-corrected chi connectivity index (χ0v) is 12.0. The molecule has 6 nitrogen and oxygen atoms in total. The van der Waals surface area contributed by atoms with E-state index in [9.17, 15) is 9.50 Å². The molecular weight excluding hydrogens is 275 g/mol. The first-order chi connectivity index (χ1) is 10.1. The third kappa shape index (κ3) is 2.62. The summed E-state index contributed by atoms with van der Waals surface area (Å²) in [5, 5.41) is 13.4. The lowest BCUT2D eigenvalue weighted by Crippen LogP contribution is -2.51. The molecule has 21 heavy (non-hydrogen) atoms. The van der Waals surface area contributed by atoms with Gasteiger partial charge in [0.05, 0.1) is 30.4 Å². The van der Waals surface area contributed by atoms with E-state index in [1.54, 1.807) is 24.0 Å². The van der Waals surface area contributed by atoms with Crippen LogP contribution < -0.4 is 4.74 Å². The van der Waals surface area contributed by atoms with Gasteiger partial charge in [0, 0.05) is 31.8 Å². The number of hydrogen-bond acceptors (Lipinski definition) is 5. The zero-order valence-electron chi connectivity index (χ0n) is 12.0. The normalized spacial score (nSPS) is 16.0. The van der Waals surface area contributed by atoms with Crippen molar-refractivity contribution >= 4 is 0 Å². The largest absolute Gasteiger partial charge is 0.485 e. The number of pyridine rings is 1. The second-order valence-corrected chi connectivity index (χ2v) is 5.26. The van der Waals surface area contributed by atoms with Crippen LogP contribution in [0.3, 0.4) is 0 Å². The molecule has 3 heterocycles. The van der Waals surface area contributed by atoms with Crippen molar-refractivity contribution in [1.82, 2.24) is 19.7 Å². The maximum Gasteiger partial charge on any atom is 0.183 e. The van der Waals surface area contributed by atoms with Gasteiger partial charge >= 0.3 is 0 Å². The minimum atomic E-state index is -0.485. The molecule has 1 aliphatic rings. The van der Waals surface area contributed by atoms with Gasteiger partial charge in [0.1, 0.15) is 6.10 Å². The molecule has 1 N–H and O–H groups in total. The second kappa shape index (κ2) is 5.42. The molecule has 112 valence electrons. The number of aryl methyl sites for hydroxylation is 1. The summed E-state index contributed by atoms with van der Waals surface area (Å²) in [5.74, 6) is -0.302. The summed E-state index contributed by atoms with van der Waals surface area (Å²) in [6.07, 6.45) is 2.71. The number of ether oxygens (including phenoxy) is 1. The van der Waals surface area contributed by atoms with Crippen molar-refractivity contribution in [1.29, 1.82) is 0 Å². The van der Waals surface area contributed by atoms with Gasteiger partial charge in [0.2, 0.25) is 0 Å². The van der Waals surface area contributed by atoms with Gasteiger partial charge in [-0.2, -0.15) is 5.10 Å². The van der Waals surface area contributed by atoms with Crippen molar-refractivity contribution in [3.63, 3.8) is 0 Å². The Morgan fingerprint density at radius 3 is 2.81 bits per heavy atom. The summed E-state index contributed by atoms with van der Waals surface area (Å²) in [6.45, 7) is 1.42. The summed E-state index contributed by atoms with van der Waals surface area (Å²) in [6, 6.07) is 1.56. The molecule has 0 bridgehead atoms. The molecule has 0 saturated carbocycles. The lowest BCUT2D eigenvalue weighted by molar-refractivity contribution is 0.0360. The van der Waals surface area contributed by atoms with Crippen LogP contribution in [-0.4, -0.2) is 51.0 Å². The Labute approximate surface area is 121 Å². The smallest absolute Gasteiger partial charge is 0.183 e. The first-order valence-corrected chi connectivity index (χ1v) is 6.71. The van der Waals surface area contributed by atoms with Crippen LogP contribution in [-0.2, 0) is 13.7 Å². The summed E-state index contributed by atoms with van der Waals surface area (Å²) in [7, 11) is 3.73. The molecular formula is C14H17FN4O2. The fourth-order valence-corrected chi connectivity index (χ4v) is 2.46. The van der Waals surface area contributed by atoms with Crippen molar-refractivity contribution in [3.05, 3.63) is 29.8 Å². The minimum Gasteiger partial charge on any atom is -0.485 e. The number of halogens is 1. The highest BCUT2D eigenvalue weighted by atomic mass is 19.1. The number of aromatic nitrogens is 3. The Kier molecular flexibility index (Phi) is 3.60. The Hall–Kier alpha value is -1.99. The van der Waals surface area contributed by atoms with Crippen LogP contribution in [0.1, 0.15) is 5.56 Å². The fraction of sp³-hybridized carbons (Fsp3) is 0.429. The summed E-state index contributed by atoms with van der Waals surface area (Å²) in [5.41, 5.74) is 1.84. The SMILES string of the molecule is CN1CC(Oc2cc(-c3c(CO)cnn3C)ncc2F)C1. The van der Waals surface area contributed by atoms with Crippen LogP contribution in [0.15, 0.2) is 18.5 Å². The molecule has 0 unspecified atom stereocenters. The number of aliphatic hydroxyl groups is 1. The molecule has 2 aromatic rings. The Morgan fingerprint density at radius 2 is 2.14 bits per heavy atom. The predicted octanol–water partition coefficient (Wildman–Crippen LogP) is 0.806. The molecule has 1 aliphatic heterocycles. The van der Waals surface area contributed by atoms with E-state index in [4.69, 9.17) is 4.74 Å². The van der Waals surface area contributed by atoms with E-state index >= 15 is 0 Å². The number of aliphatic hydroxyl groups excluding tert-OH is 1. The summed E-state index contributed by atoms with van der Waals surface area (Å²) >= 11 is 0. The number of likely N-dealkylation sites (N-methyl/N-ethyl adjacent to an activating group) is 1. The molecule has 7 heteroatoms. The first-order valence-electron chi connectivity index (χ1n) is 6.71. The molecule has 0 amide bonds. The average molecular weight is 292 g/mol. The highest BCUT2D eigenvalue weighted by Crippen LogP contribution is 2.28. The minimum absolute atomic E-state index is 0.00333. The van der Waals surface area contributed by atoms with Gasteiger partial charge in [-0.3, -0.25) is 14.6 Å². The van der Waals surface area contributed by atoms with Crippen molar-refractivity contribution in [2.24, 2.45) is 7.05 Å². The topological polar surface area (TPSA) is 63.4 Å². The van der Waals surface area contributed by atoms with Gasteiger partial charge in [-0.25, -0.2) is 4.39 Å². The van der Waals surface area contributed by atoms with Crippen molar-refractivity contribution in [3.8, 4) is 17.1 Å². The maximum absolute atomic E-state index is 13.8. The van der Waals surface area contributed by atoms with Crippen LogP contribution in [0.2, 0.25) is 0 Å². The third-order valence-corrected chi connectivity index (χ3v) is 3.57. The van der Waals surface area contributed by atoms with Gasteiger partial charge in [-0.05, 0) is 7.05 Å². The molecule has 0 spiro atoms. The van der Waals surface area contributed by atoms with Gasteiger partial charge in [0.15, 0.2) is 11.6 Å². The third-order valence-electron chi connectivity index (χ3n) is 3.57. The summed E-state index contributed by atoms with van der Waals surface area (Å²) in [4.78, 5) is 6.17. The molecule has 0 aliphatic carbocycles. The van der Waals surface area contributed by atoms with Crippen molar-refractivity contribution in [2.45, 2.75) is 12.7 Å². The average Bonchev–Trinajstić information content (AvgIpc) is 2.80. The molecule has 2 aromatic heterocycles. The number of hydrogen-bond donors (Lipinski definition) is 1. The molecule has 1 saturated heterocycles. The van der Waals surface area contributed by atoms with E-state index in [0.717, 1.165) is 19.3 Å². The molecule has 0 aromatic carbocycles. The number of nitrogens with zero attached hydrogens (tertiary/aromatic N) is 4. The van der Waals surface area contributed by atoms with E-state index < -0.39 is 5.82 Å². The van der Waals surface area contributed by atoms with Crippen LogP contribution in [0, 0.1) is 5.82 Å². The monoisotopic (exact) mass is 292 g/mol. The van der Waals surface area contributed by atoms with E-state index in [1.165, 1.54) is 0 Å². The molecule has 0 radical (unpaired) electrons. The van der Waals surface area contributed by atoms with E-state index in [1.807, 2.05) is 7.05 Å². The van der Waals surface area contributed by atoms with E-state index in [-0.39, 0.29) is 18.5 Å². The fourth-order valence-electron chi connectivity index (χ4n) is 2.46. The van der Waals surface area contributed by atoms with Gasteiger partial charge in [0.25, 0.3) is 0 Å². The Bertz CT molecular complexity index is 652. The van der Waals surface area contributed by atoms with E-state index in [2.05, 4.69) is 15.0 Å². The standard InChI is InChI=1S/C14H17FN4O2/c1-18-6-10(7-18)21-13-3-12(16-5-11(13)15)14-9(8-20)4-17-19(14)2/h3-5,10,20H,6-8H2,1-2H3. The zero-order chi connectivity index (χ0) is 15.0. The highest BCUT2D eigenvalue weighted by molar-refractivity contribution is 5.60. The predicted molar refractivity (Wildman–Crippen MR) is 74.2 cm³/mol. The van der Waals surface area contributed by atoms with Crippen LogP contribution >= 0.6 is 0 Å². The lowest BCUT2D eigenvalue weighted by atomic mass is 10.1.